The van der Waals surface area contributed by atoms with Crippen molar-refractivity contribution in [3.8, 4) is 17.2 Å². The molecule has 1 aromatic carbocycles. The monoisotopic (exact) mass is 278 g/mol. The van der Waals surface area contributed by atoms with Crippen LogP contribution in [0.1, 0.15) is 13.3 Å². The Hall–Kier alpha value is -2.37. The Bertz CT molecular complexity index is 514. The molecule has 0 saturated heterocycles. The normalized spacial score (nSPS) is 12.4. The predicted octanol–water partition coefficient (Wildman–Crippen LogP) is 2.02. The van der Waals surface area contributed by atoms with E-state index in [4.69, 9.17) is 14.2 Å². The molecular weight excluding hydrogens is 260 g/mol. The number of amides is 2. The summed E-state index contributed by atoms with van der Waals surface area (Å²) < 4.78 is 16.2. The van der Waals surface area contributed by atoms with Crippen molar-refractivity contribution in [1.29, 1.82) is 0 Å². The first-order valence-corrected chi connectivity index (χ1v) is 6.46. The number of urea groups is 1. The van der Waals surface area contributed by atoms with Crippen LogP contribution in [0.4, 0.5) is 4.79 Å². The standard InChI is InChI=1S/C14H18N2O4/c1-3-6-15-14(17)16-8-11-9-19-12-5-4-10(18-2)7-13(12)20-11/h4-5,7,9H,3,6,8H2,1-2H3,(H2,15,16,17). The van der Waals surface area contributed by atoms with Gasteiger partial charge in [0.05, 0.1) is 13.7 Å². The molecule has 1 aromatic rings. The maximum Gasteiger partial charge on any atom is 0.315 e. The summed E-state index contributed by atoms with van der Waals surface area (Å²) in [7, 11) is 1.59. The summed E-state index contributed by atoms with van der Waals surface area (Å²) in [5.74, 6) is 2.39. The summed E-state index contributed by atoms with van der Waals surface area (Å²) in [6, 6.07) is 5.06. The first-order chi connectivity index (χ1) is 9.72. The maximum atomic E-state index is 11.4. The fraction of sp³-hybridized carbons (Fsp3) is 0.357. The molecule has 1 aliphatic rings. The number of rotatable bonds is 5. The SMILES string of the molecule is CCCNC(=O)NCC1=COc2ccc(OC)cc2O1. The number of ether oxygens (including phenoxy) is 3. The summed E-state index contributed by atoms with van der Waals surface area (Å²) >= 11 is 0. The van der Waals surface area contributed by atoms with Crippen molar-refractivity contribution in [2.75, 3.05) is 20.2 Å². The molecule has 0 aliphatic carbocycles. The van der Waals surface area contributed by atoms with Crippen molar-refractivity contribution in [3.63, 3.8) is 0 Å². The molecule has 2 amide bonds. The van der Waals surface area contributed by atoms with Gasteiger partial charge in [-0.3, -0.25) is 0 Å². The zero-order valence-corrected chi connectivity index (χ0v) is 11.6. The third kappa shape index (κ3) is 3.57. The van der Waals surface area contributed by atoms with Crippen molar-refractivity contribution < 1.29 is 19.0 Å². The van der Waals surface area contributed by atoms with Crippen molar-refractivity contribution in [2.24, 2.45) is 0 Å². The lowest BCUT2D eigenvalue weighted by Crippen LogP contribution is -2.37. The molecule has 0 saturated carbocycles. The van der Waals surface area contributed by atoms with E-state index in [-0.39, 0.29) is 12.6 Å². The Morgan fingerprint density at radius 3 is 2.90 bits per heavy atom. The van der Waals surface area contributed by atoms with Crippen LogP contribution in [0.2, 0.25) is 0 Å². The fourth-order valence-corrected chi connectivity index (χ4v) is 1.63. The van der Waals surface area contributed by atoms with Gasteiger partial charge in [-0.2, -0.15) is 0 Å². The van der Waals surface area contributed by atoms with Crippen LogP contribution in [0, 0.1) is 0 Å². The van der Waals surface area contributed by atoms with Gasteiger partial charge < -0.3 is 24.8 Å². The van der Waals surface area contributed by atoms with Gasteiger partial charge in [0.2, 0.25) is 0 Å². The fourth-order valence-electron chi connectivity index (χ4n) is 1.63. The average molecular weight is 278 g/mol. The largest absolute Gasteiger partial charge is 0.497 e. The topological polar surface area (TPSA) is 68.8 Å². The van der Waals surface area contributed by atoms with Crippen LogP contribution in [-0.2, 0) is 0 Å². The van der Waals surface area contributed by atoms with Gasteiger partial charge in [-0.05, 0) is 18.6 Å². The van der Waals surface area contributed by atoms with Gasteiger partial charge in [0.25, 0.3) is 0 Å². The van der Waals surface area contributed by atoms with E-state index in [9.17, 15) is 4.79 Å². The van der Waals surface area contributed by atoms with Crippen LogP contribution in [0.3, 0.4) is 0 Å². The molecule has 0 atom stereocenters. The third-order valence-corrected chi connectivity index (χ3v) is 2.67. The van der Waals surface area contributed by atoms with E-state index in [0.717, 1.165) is 6.42 Å². The minimum Gasteiger partial charge on any atom is -0.497 e. The van der Waals surface area contributed by atoms with Crippen molar-refractivity contribution in [2.45, 2.75) is 13.3 Å². The molecule has 1 aliphatic heterocycles. The highest BCUT2D eigenvalue weighted by Gasteiger charge is 2.15. The van der Waals surface area contributed by atoms with Crippen LogP contribution in [0.15, 0.2) is 30.2 Å². The van der Waals surface area contributed by atoms with Gasteiger partial charge in [0.1, 0.15) is 12.0 Å². The molecule has 108 valence electrons. The Morgan fingerprint density at radius 2 is 2.15 bits per heavy atom. The Morgan fingerprint density at radius 1 is 1.30 bits per heavy atom. The quantitative estimate of drug-likeness (QED) is 0.864. The van der Waals surface area contributed by atoms with Crippen molar-refractivity contribution >= 4 is 6.03 Å². The average Bonchev–Trinajstić information content (AvgIpc) is 2.49. The Labute approximate surface area is 117 Å². The number of methoxy groups -OCH3 is 1. The lowest BCUT2D eigenvalue weighted by Gasteiger charge is -2.19. The summed E-state index contributed by atoms with van der Waals surface area (Å²) in [4.78, 5) is 11.4. The molecule has 0 radical (unpaired) electrons. The highest BCUT2D eigenvalue weighted by molar-refractivity contribution is 5.74. The van der Waals surface area contributed by atoms with E-state index >= 15 is 0 Å². The summed E-state index contributed by atoms with van der Waals surface area (Å²) in [6.07, 6.45) is 2.37. The lowest BCUT2D eigenvalue weighted by molar-refractivity contribution is 0.239. The highest BCUT2D eigenvalue weighted by Crippen LogP contribution is 2.35. The molecule has 0 fully saturated rings. The lowest BCUT2D eigenvalue weighted by atomic mass is 10.3. The molecule has 6 heteroatoms. The zero-order valence-electron chi connectivity index (χ0n) is 11.6. The van der Waals surface area contributed by atoms with Gasteiger partial charge in [-0.1, -0.05) is 6.92 Å². The number of benzene rings is 1. The van der Waals surface area contributed by atoms with E-state index in [1.807, 2.05) is 6.92 Å². The van der Waals surface area contributed by atoms with E-state index < -0.39 is 0 Å². The molecular formula is C14H18N2O4. The molecule has 0 bridgehead atoms. The number of hydrogen-bond acceptors (Lipinski definition) is 4. The van der Waals surface area contributed by atoms with E-state index in [0.29, 0.717) is 29.6 Å². The van der Waals surface area contributed by atoms with E-state index in [1.54, 1.807) is 25.3 Å². The number of nitrogens with one attached hydrogen (secondary N) is 2. The molecule has 6 nitrogen and oxygen atoms in total. The number of carbonyl (C=O) groups is 1. The maximum absolute atomic E-state index is 11.4. The van der Waals surface area contributed by atoms with Crippen LogP contribution in [0.25, 0.3) is 0 Å². The number of carbonyl (C=O) groups excluding carboxylic acids is 1. The van der Waals surface area contributed by atoms with Crippen LogP contribution < -0.4 is 24.8 Å². The smallest absolute Gasteiger partial charge is 0.315 e. The second kappa shape index (κ2) is 6.70. The van der Waals surface area contributed by atoms with Gasteiger partial charge in [-0.25, -0.2) is 4.79 Å². The van der Waals surface area contributed by atoms with Crippen molar-refractivity contribution in [1.82, 2.24) is 10.6 Å². The van der Waals surface area contributed by atoms with Crippen LogP contribution >= 0.6 is 0 Å². The van der Waals surface area contributed by atoms with E-state index in [1.165, 1.54) is 6.26 Å². The third-order valence-electron chi connectivity index (χ3n) is 2.67. The molecule has 1 heterocycles. The van der Waals surface area contributed by atoms with Gasteiger partial charge >= 0.3 is 6.03 Å². The minimum atomic E-state index is -0.229. The molecule has 20 heavy (non-hydrogen) atoms. The van der Waals surface area contributed by atoms with Crippen LogP contribution in [0.5, 0.6) is 17.2 Å². The number of hydrogen-bond donors (Lipinski definition) is 2. The zero-order chi connectivity index (χ0) is 14.4. The summed E-state index contributed by atoms with van der Waals surface area (Å²) in [5, 5.41) is 5.41. The van der Waals surface area contributed by atoms with Crippen LogP contribution in [-0.4, -0.2) is 26.2 Å². The highest BCUT2D eigenvalue weighted by atomic mass is 16.6. The molecule has 2 rings (SSSR count). The molecule has 0 unspecified atom stereocenters. The number of fused-ring (bicyclic) bond motifs is 1. The Balaban J connectivity index is 1.89. The van der Waals surface area contributed by atoms with Gasteiger partial charge in [0.15, 0.2) is 17.3 Å². The first-order valence-electron chi connectivity index (χ1n) is 6.46. The van der Waals surface area contributed by atoms with Crippen molar-refractivity contribution in [3.05, 3.63) is 30.2 Å². The second-order valence-corrected chi connectivity index (χ2v) is 4.23. The summed E-state index contributed by atoms with van der Waals surface area (Å²) in [6.45, 7) is 2.89. The van der Waals surface area contributed by atoms with E-state index in [2.05, 4.69) is 10.6 Å². The Kier molecular flexibility index (Phi) is 4.70. The van der Waals surface area contributed by atoms with Gasteiger partial charge in [-0.15, -0.1) is 0 Å². The minimum absolute atomic E-state index is 0.229. The van der Waals surface area contributed by atoms with Gasteiger partial charge in [0, 0.05) is 12.6 Å². The molecule has 0 aromatic heterocycles. The first kappa shape index (κ1) is 14.0. The summed E-state index contributed by atoms with van der Waals surface area (Å²) in [5.41, 5.74) is 0. The molecule has 2 N–H and O–H groups in total. The molecule has 0 spiro atoms. The second-order valence-electron chi connectivity index (χ2n) is 4.23. The predicted molar refractivity (Wildman–Crippen MR) is 74.0 cm³/mol.